The molecule has 1 aliphatic heterocycles. The highest BCUT2D eigenvalue weighted by molar-refractivity contribution is 8.06. The third kappa shape index (κ3) is 2.29. The molecule has 2 nitrogen and oxygen atoms in total. The fraction of sp³-hybridized carbons (Fsp3) is 0.0625. The zero-order valence-electron chi connectivity index (χ0n) is 10.4. The van der Waals surface area contributed by atoms with Crippen LogP contribution in [-0.4, -0.2) is 13.1 Å². The maximum absolute atomic E-state index is 11.6. The van der Waals surface area contributed by atoms with Crippen molar-refractivity contribution in [3.05, 3.63) is 69.0 Å². The number of benzene rings is 1. The van der Waals surface area contributed by atoms with Crippen LogP contribution in [0.15, 0.2) is 57.9 Å². The van der Waals surface area contributed by atoms with Crippen molar-refractivity contribution >= 4 is 29.9 Å². The van der Waals surface area contributed by atoms with E-state index < -0.39 is 0 Å². The number of hydrogen-bond donors (Lipinski definition) is 0. The Morgan fingerprint density at radius 2 is 1.89 bits per heavy atom. The molecule has 0 fully saturated rings. The largest absolute Gasteiger partial charge is 0.465 e. The molecule has 3 rings (SSSR count). The molecular formula is C16H12O2S. The van der Waals surface area contributed by atoms with E-state index in [0.717, 1.165) is 10.5 Å². The SMILES string of the molecule is COC(=O)C1=CSC2=Cc3ccccc3C=CC2=C1. The number of carbonyl (C=O) groups excluding carboxylic acids is 1. The van der Waals surface area contributed by atoms with Crippen molar-refractivity contribution < 1.29 is 9.53 Å². The van der Waals surface area contributed by atoms with Gasteiger partial charge in [0.1, 0.15) is 0 Å². The Kier molecular flexibility index (Phi) is 3.13. The Hall–Kier alpha value is -2.00. The van der Waals surface area contributed by atoms with Crippen molar-refractivity contribution in [3.63, 3.8) is 0 Å². The van der Waals surface area contributed by atoms with Gasteiger partial charge in [-0.2, -0.15) is 0 Å². The van der Waals surface area contributed by atoms with E-state index in [1.165, 1.54) is 18.2 Å². The molecule has 0 bridgehead atoms. The van der Waals surface area contributed by atoms with Crippen LogP contribution in [-0.2, 0) is 9.53 Å². The normalized spacial score (nSPS) is 16.4. The second-order valence-corrected chi connectivity index (χ2v) is 5.16. The lowest BCUT2D eigenvalue weighted by Gasteiger charge is -2.12. The van der Waals surface area contributed by atoms with Crippen LogP contribution in [0.3, 0.4) is 0 Å². The first kappa shape index (κ1) is 12.1. The highest BCUT2D eigenvalue weighted by Crippen LogP contribution is 2.37. The van der Waals surface area contributed by atoms with Gasteiger partial charge in [-0.05, 0) is 34.3 Å². The lowest BCUT2D eigenvalue weighted by molar-refractivity contribution is -0.135. The van der Waals surface area contributed by atoms with Gasteiger partial charge in [0, 0.05) is 4.91 Å². The van der Waals surface area contributed by atoms with Gasteiger partial charge in [0.15, 0.2) is 0 Å². The van der Waals surface area contributed by atoms with Gasteiger partial charge in [-0.15, -0.1) is 0 Å². The molecule has 2 aliphatic rings. The first-order valence-corrected chi connectivity index (χ1v) is 6.82. The summed E-state index contributed by atoms with van der Waals surface area (Å²) in [6.45, 7) is 0. The molecular weight excluding hydrogens is 256 g/mol. The van der Waals surface area contributed by atoms with E-state index >= 15 is 0 Å². The number of hydrogen-bond acceptors (Lipinski definition) is 3. The van der Waals surface area contributed by atoms with E-state index in [1.807, 2.05) is 29.7 Å². The molecule has 0 saturated heterocycles. The van der Waals surface area contributed by atoms with Crippen LogP contribution in [0.5, 0.6) is 0 Å². The van der Waals surface area contributed by atoms with Gasteiger partial charge in [-0.3, -0.25) is 0 Å². The van der Waals surface area contributed by atoms with Crippen molar-refractivity contribution in [1.82, 2.24) is 0 Å². The smallest absolute Gasteiger partial charge is 0.338 e. The molecule has 0 unspecified atom stereocenters. The van der Waals surface area contributed by atoms with E-state index in [2.05, 4.69) is 24.3 Å². The van der Waals surface area contributed by atoms with Crippen LogP contribution >= 0.6 is 11.8 Å². The summed E-state index contributed by atoms with van der Waals surface area (Å²) < 4.78 is 4.75. The summed E-state index contributed by atoms with van der Waals surface area (Å²) in [4.78, 5) is 12.7. The van der Waals surface area contributed by atoms with Crippen LogP contribution in [0.25, 0.3) is 12.2 Å². The number of esters is 1. The molecule has 0 spiro atoms. The van der Waals surface area contributed by atoms with Crippen molar-refractivity contribution in [2.24, 2.45) is 0 Å². The summed E-state index contributed by atoms with van der Waals surface area (Å²) in [7, 11) is 1.40. The molecule has 0 radical (unpaired) electrons. The minimum Gasteiger partial charge on any atom is -0.465 e. The Bertz CT molecular complexity index is 663. The first-order chi connectivity index (χ1) is 9.28. The lowest BCUT2D eigenvalue weighted by atomic mass is 10.1. The van der Waals surface area contributed by atoms with Crippen LogP contribution in [0.2, 0.25) is 0 Å². The predicted molar refractivity (Wildman–Crippen MR) is 79.2 cm³/mol. The Balaban J connectivity index is 2.03. The number of methoxy groups -OCH3 is 1. The van der Waals surface area contributed by atoms with Crippen molar-refractivity contribution in [1.29, 1.82) is 0 Å². The molecule has 1 aromatic carbocycles. The summed E-state index contributed by atoms with van der Waals surface area (Å²) in [6, 6.07) is 8.23. The van der Waals surface area contributed by atoms with Gasteiger partial charge in [0.05, 0.1) is 12.7 Å². The standard InChI is InChI=1S/C16H12O2S/c1-18-16(17)14-8-13-7-6-11-4-2-3-5-12(11)9-15(13)19-10-14/h2-10H,1H3. The molecule has 1 heterocycles. The van der Waals surface area contributed by atoms with E-state index in [4.69, 9.17) is 4.74 Å². The molecule has 3 heteroatoms. The van der Waals surface area contributed by atoms with E-state index in [9.17, 15) is 4.79 Å². The number of ether oxygens (including phenoxy) is 1. The van der Waals surface area contributed by atoms with Gasteiger partial charge < -0.3 is 4.74 Å². The first-order valence-electron chi connectivity index (χ1n) is 5.94. The molecule has 0 aromatic heterocycles. The molecule has 0 saturated carbocycles. The fourth-order valence-electron chi connectivity index (χ4n) is 2.06. The molecule has 1 aromatic rings. The number of rotatable bonds is 1. The third-order valence-corrected chi connectivity index (χ3v) is 4.03. The number of thioether (sulfide) groups is 1. The summed E-state index contributed by atoms with van der Waals surface area (Å²) in [5.41, 5.74) is 4.02. The van der Waals surface area contributed by atoms with Crippen LogP contribution < -0.4 is 0 Å². The Morgan fingerprint density at radius 1 is 1.11 bits per heavy atom. The lowest BCUT2D eigenvalue weighted by Crippen LogP contribution is -2.05. The summed E-state index contributed by atoms with van der Waals surface area (Å²) in [5.74, 6) is -0.297. The second-order valence-electron chi connectivity index (χ2n) is 4.25. The third-order valence-electron chi connectivity index (χ3n) is 3.05. The van der Waals surface area contributed by atoms with E-state index in [-0.39, 0.29) is 5.97 Å². The van der Waals surface area contributed by atoms with Crippen molar-refractivity contribution in [3.8, 4) is 0 Å². The zero-order chi connectivity index (χ0) is 13.2. The monoisotopic (exact) mass is 268 g/mol. The Morgan fingerprint density at radius 3 is 2.68 bits per heavy atom. The average molecular weight is 268 g/mol. The van der Waals surface area contributed by atoms with Crippen LogP contribution in [0, 0.1) is 0 Å². The van der Waals surface area contributed by atoms with Gasteiger partial charge in [-0.25, -0.2) is 4.79 Å². The van der Waals surface area contributed by atoms with Gasteiger partial charge >= 0.3 is 5.97 Å². The average Bonchev–Trinajstić information content (AvgIpc) is 2.64. The quantitative estimate of drug-likeness (QED) is 0.725. The molecule has 19 heavy (non-hydrogen) atoms. The van der Waals surface area contributed by atoms with Gasteiger partial charge in [0.2, 0.25) is 0 Å². The van der Waals surface area contributed by atoms with E-state index in [0.29, 0.717) is 5.57 Å². The fourth-order valence-corrected chi connectivity index (χ4v) is 2.93. The zero-order valence-corrected chi connectivity index (χ0v) is 11.2. The molecule has 0 amide bonds. The van der Waals surface area contributed by atoms with Crippen molar-refractivity contribution in [2.75, 3.05) is 7.11 Å². The highest BCUT2D eigenvalue weighted by atomic mass is 32.2. The number of allylic oxidation sites excluding steroid dienone is 2. The van der Waals surface area contributed by atoms with Gasteiger partial charge in [-0.1, -0.05) is 48.2 Å². The molecule has 94 valence electrons. The maximum atomic E-state index is 11.6. The summed E-state index contributed by atoms with van der Waals surface area (Å²) in [5, 5.41) is 1.84. The molecule has 0 N–H and O–H groups in total. The van der Waals surface area contributed by atoms with E-state index in [1.54, 1.807) is 11.8 Å². The summed E-state index contributed by atoms with van der Waals surface area (Å²) in [6.07, 6.45) is 8.14. The minimum atomic E-state index is -0.297. The van der Waals surface area contributed by atoms with Crippen molar-refractivity contribution in [2.45, 2.75) is 0 Å². The summed E-state index contributed by atoms with van der Waals surface area (Å²) >= 11 is 1.55. The predicted octanol–water partition coefficient (Wildman–Crippen LogP) is 3.78. The van der Waals surface area contributed by atoms with Crippen LogP contribution in [0.1, 0.15) is 11.1 Å². The minimum absolute atomic E-state index is 0.297. The number of carbonyl (C=O) groups is 1. The molecule has 0 atom stereocenters. The van der Waals surface area contributed by atoms with Crippen LogP contribution in [0.4, 0.5) is 0 Å². The topological polar surface area (TPSA) is 26.3 Å². The number of fused-ring (bicyclic) bond motifs is 2. The Labute approximate surface area is 116 Å². The highest BCUT2D eigenvalue weighted by Gasteiger charge is 2.17. The second kappa shape index (κ2) is 4.94. The molecule has 1 aliphatic carbocycles. The maximum Gasteiger partial charge on any atom is 0.338 e. The van der Waals surface area contributed by atoms with Gasteiger partial charge in [0.25, 0.3) is 0 Å².